The number of hydrogen-bond donors (Lipinski definition) is 0. The molecule has 3 heteroatoms. The van der Waals surface area contributed by atoms with Crippen molar-refractivity contribution in [1.82, 2.24) is 0 Å². The van der Waals surface area contributed by atoms with Gasteiger partial charge in [0.25, 0.3) is 0 Å². The quantitative estimate of drug-likeness (QED) is 0.529. The summed E-state index contributed by atoms with van der Waals surface area (Å²) in [5.41, 5.74) is 7.02. The van der Waals surface area contributed by atoms with E-state index in [1.54, 1.807) is 0 Å². The Hall–Kier alpha value is -0.0969. The standard InChI is InChI=1S/C18H19.2ClH.Zr/c1-12-11-18(4,14(3)13(12)2)17-10-9-15-7-5-6-8-16(15)17;;;/h5-10,17H,1-4H3;2*1H;/q-1;;;+3/p-2. The molecule has 21 heavy (non-hydrogen) atoms. The first-order valence-corrected chi connectivity index (χ1v) is 6.61. The molecule has 1 aromatic carbocycles. The summed E-state index contributed by atoms with van der Waals surface area (Å²) in [5.74, 6) is 0.432. The zero-order valence-corrected chi connectivity index (χ0v) is 16.8. The molecule has 0 nitrogen and oxygen atoms in total. The summed E-state index contributed by atoms with van der Waals surface area (Å²) in [6.07, 6.45) is 8.30. The average molecular weight is 397 g/mol. The molecule has 0 heterocycles. The van der Waals surface area contributed by atoms with Crippen LogP contribution >= 0.6 is 0 Å². The van der Waals surface area contributed by atoms with E-state index in [0.29, 0.717) is 5.92 Å². The van der Waals surface area contributed by atoms with E-state index in [0.717, 1.165) is 0 Å². The molecule has 0 aliphatic heterocycles. The number of halogens is 2. The molecule has 0 saturated heterocycles. The van der Waals surface area contributed by atoms with Gasteiger partial charge in [0, 0.05) is 0 Å². The van der Waals surface area contributed by atoms with E-state index in [2.05, 4.69) is 70.2 Å². The topological polar surface area (TPSA) is 0 Å². The zero-order valence-electron chi connectivity index (χ0n) is 12.8. The second-order valence-corrected chi connectivity index (χ2v) is 5.67. The van der Waals surface area contributed by atoms with Gasteiger partial charge < -0.3 is 24.8 Å². The Labute approximate surface area is 159 Å². The van der Waals surface area contributed by atoms with Gasteiger partial charge in [-0.3, -0.25) is 6.08 Å². The van der Waals surface area contributed by atoms with Crippen molar-refractivity contribution < 1.29 is 51.0 Å². The Morgan fingerprint density at radius 3 is 2.24 bits per heavy atom. The molecule has 0 aromatic heterocycles. The SMILES string of the molecule is CC1=[C-]C(C)(C2C=Cc3ccccc32)C(C)=C1C.[Cl-].[Cl-].[Zr+3]. The van der Waals surface area contributed by atoms with Crippen LogP contribution in [0.3, 0.4) is 0 Å². The number of fused-ring (bicyclic) bond motifs is 1. The molecule has 0 fully saturated rings. The van der Waals surface area contributed by atoms with E-state index in [9.17, 15) is 0 Å². The maximum atomic E-state index is 3.70. The molecule has 0 bridgehead atoms. The summed E-state index contributed by atoms with van der Waals surface area (Å²) < 4.78 is 0. The van der Waals surface area contributed by atoms with Crippen molar-refractivity contribution in [2.45, 2.75) is 33.6 Å². The molecular formula is C18H19Cl2Zr. The van der Waals surface area contributed by atoms with E-state index in [4.69, 9.17) is 0 Å². The van der Waals surface area contributed by atoms with Crippen LogP contribution in [0.2, 0.25) is 0 Å². The fourth-order valence-electron chi connectivity index (χ4n) is 3.31. The summed E-state index contributed by atoms with van der Waals surface area (Å²) in [4.78, 5) is 0. The smallest absolute Gasteiger partial charge is 1.00 e. The monoisotopic (exact) mass is 395 g/mol. The van der Waals surface area contributed by atoms with Crippen molar-refractivity contribution in [3.8, 4) is 0 Å². The fourth-order valence-corrected chi connectivity index (χ4v) is 3.31. The maximum absolute atomic E-state index is 3.70. The van der Waals surface area contributed by atoms with Gasteiger partial charge in [-0.05, 0) is 17.0 Å². The van der Waals surface area contributed by atoms with E-state index in [1.165, 1.54) is 27.8 Å². The largest absolute Gasteiger partial charge is 3.00 e. The van der Waals surface area contributed by atoms with Crippen LogP contribution in [-0.4, -0.2) is 0 Å². The first-order chi connectivity index (χ1) is 8.54. The van der Waals surface area contributed by atoms with Gasteiger partial charge in [0.2, 0.25) is 0 Å². The molecule has 0 saturated carbocycles. The maximum Gasteiger partial charge on any atom is 3.00 e. The molecule has 2 aliphatic rings. The number of hydrogen-bond acceptors (Lipinski definition) is 0. The minimum Gasteiger partial charge on any atom is -1.00 e. The first-order valence-electron chi connectivity index (χ1n) is 6.61. The minimum absolute atomic E-state index is 0. The van der Waals surface area contributed by atoms with Crippen LogP contribution in [0.4, 0.5) is 0 Å². The van der Waals surface area contributed by atoms with Gasteiger partial charge in [0.1, 0.15) is 0 Å². The van der Waals surface area contributed by atoms with Gasteiger partial charge >= 0.3 is 26.2 Å². The third kappa shape index (κ3) is 3.16. The molecule has 0 N–H and O–H groups in total. The van der Waals surface area contributed by atoms with E-state index in [1.807, 2.05) is 0 Å². The van der Waals surface area contributed by atoms with E-state index in [-0.39, 0.29) is 56.4 Å². The first kappa shape index (κ1) is 20.9. The Bertz CT molecular complexity index is 613. The van der Waals surface area contributed by atoms with Crippen LogP contribution in [0.15, 0.2) is 47.1 Å². The van der Waals surface area contributed by atoms with Crippen LogP contribution in [0.1, 0.15) is 44.7 Å². The number of allylic oxidation sites excluding steroid dienone is 5. The summed E-state index contributed by atoms with van der Waals surface area (Å²) in [7, 11) is 0. The molecule has 1 aromatic rings. The van der Waals surface area contributed by atoms with Gasteiger partial charge in [0.05, 0.1) is 0 Å². The summed E-state index contributed by atoms with van der Waals surface area (Å²) in [5, 5.41) is 0. The molecule has 2 aliphatic carbocycles. The predicted molar refractivity (Wildman–Crippen MR) is 77.1 cm³/mol. The molecule has 1 radical (unpaired) electrons. The van der Waals surface area contributed by atoms with Crippen LogP contribution in [0, 0.1) is 11.5 Å². The Morgan fingerprint density at radius 1 is 1.05 bits per heavy atom. The third-order valence-corrected chi connectivity index (χ3v) is 4.77. The molecule has 109 valence electrons. The van der Waals surface area contributed by atoms with Crippen LogP contribution in [0.5, 0.6) is 0 Å². The second-order valence-electron chi connectivity index (χ2n) is 5.67. The van der Waals surface area contributed by atoms with Crippen molar-refractivity contribution >= 4 is 6.08 Å². The molecule has 0 spiro atoms. The van der Waals surface area contributed by atoms with Crippen molar-refractivity contribution in [1.29, 1.82) is 0 Å². The van der Waals surface area contributed by atoms with Crippen molar-refractivity contribution in [2.75, 3.05) is 0 Å². The van der Waals surface area contributed by atoms with Crippen molar-refractivity contribution in [3.05, 3.63) is 64.3 Å². The second kappa shape index (κ2) is 7.45. The minimum atomic E-state index is 0. The molecule has 3 rings (SSSR count). The Balaban J connectivity index is 0.00000133. The van der Waals surface area contributed by atoms with E-state index < -0.39 is 0 Å². The number of rotatable bonds is 1. The van der Waals surface area contributed by atoms with Gasteiger partial charge in [-0.25, -0.2) is 5.57 Å². The fraction of sp³-hybridized carbons (Fsp3) is 0.333. The van der Waals surface area contributed by atoms with Crippen LogP contribution < -0.4 is 24.8 Å². The normalized spacial score (nSPS) is 25.5. The van der Waals surface area contributed by atoms with Gasteiger partial charge in [-0.2, -0.15) is 11.1 Å². The zero-order chi connectivity index (χ0) is 12.9. The molecule has 2 unspecified atom stereocenters. The summed E-state index contributed by atoms with van der Waals surface area (Å²) in [6.45, 7) is 8.97. The Kier molecular flexibility index (Phi) is 7.41. The van der Waals surface area contributed by atoms with Gasteiger partial charge in [-0.1, -0.05) is 62.6 Å². The van der Waals surface area contributed by atoms with Crippen LogP contribution in [-0.2, 0) is 26.2 Å². The van der Waals surface area contributed by atoms with Crippen molar-refractivity contribution in [3.63, 3.8) is 0 Å². The van der Waals surface area contributed by atoms with Gasteiger partial charge in [-0.15, -0.1) is 6.92 Å². The average Bonchev–Trinajstić information content (AvgIpc) is 2.87. The summed E-state index contributed by atoms with van der Waals surface area (Å²) >= 11 is 0. The van der Waals surface area contributed by atoms with E-state index >= 15 is 0 Å². The molecule has 2 atom stereocenters. The van der Waals surface area contributed by atoms with Crippen molar-refractivity contribution in [2.24, 2.45) is 5.41 Å². The van der Waals surface area contributed by atoms with Gasteiger partial charge in [0.15, 0.2) is 0 Å². The number of benzene rings is 1. The summed E-state index contributed by atoms with van der Waals surface area (Å²) in [6, 6.07) is 8.71. The third-order valence-electron chi connectivity index (χ3n) is 4.77. The Morgan fingerprint density at radius 2 is 1.67 bits per heavy atom. The molecular weight excluding hydrogens is 378 g/mol. The predicted octanol–water partition coefficient (Wildman–Crippen LogP) is -1.09. The van der Waals surface area contributed by atoms with Crippen LogP contribution in [0.25, 0.3) is 6.08 Å². The molecule has 0 amide bonds.